The Morgan fingerprint density at radius 2 is 1.97 bits per heavy atom. The first kappa shape index (κ1) is 19.1. The molecule has 0 N–H and O–H groups in total. The summed E-state index contributed by atoms with van der Waals surface area (Å²) in [6.07, 6.45) is 6.75. The molecular formula is C21H22FN5O2. The van der Waals surface area contributed by atoms with E-state index in [9.17, 15) is 9.18 Å². The average molecular weight is 395 g/mol. The predicted octanol–water partition coefficient (Wildman–Crippen LogP) is 2.37. The van der Waals surface area contributed by atoms with Crippen LogP contribution in [0.1, 0.15) is 15.9 Å². The number of amides is 1. The maximum absolute atomic E-state index is 13.9. The third-order valence-corrected chi connectivity index (χ3v) is 5.04. The van der Waals surface area contributed by atoms with Gasteiger partial charge in [0.15, 0.2) is 11.6 Å². The number of benzene rings is 1. The Bertz CT molecular complexity index is 984. The fourth-order valence-electron chi connectivity index (χ4n) is 3.45. The lowest BCUT2D eigenvalue weighted by atomic mass is 10.1. The van der Waals surface area contributed by atoms with Crippen LogP contribution in [0.3, 0.4) is 0 Å². The molecule has 1 saturated heterocycles. The van der Waals surface area contributed by atoms with Crippen molar-refractivity contribution in [3.8, 4) is 11.6 Å². The van der Waals surface area contributed by atoms with Crippen molar-refractivity contribution in [2.45, 2.75) is 6.54 Å². The van der Waals surface area contributed by atoms with Crippen LogP contribution in [0.25, 0.3) is 5.82 Å². The first-order valence-corrected chi connectivity index (χ1v) is 9.42. The molecule has 1 aromatic carbocycles. The number of methoxy groups -OCH3 is 1. The zero-order valence-corrected chi connectivity index (χ0v) is 16.2. The number of halogens is 1. The Labute approximate surface area is 168 Å². The second kappa shape index (κ2) is 8.40. The first-order chi connectivity index (χ1) is 14.1. The van der Waals surface area contributed by atoms with E-state index in [0.717, 1.165) is 18.7 Å². The molecule has 3 aromatic rings. The molecule has 0 saturated carbocycles. The predicted molar refractivity (Wildman–Crippen MR) is 105 cm³/mol. The summed E-state index contributed by atoms with van der Waals surface area (Å²) in [5.41, 5.74) is 1.50. The van der Waals surface area contributed by atoms with Crippen molar-refractivity contribution < 1.29 is 13.9 Å². The van der Waals surface area contributed by atoms with Gasteiger partial charge >= 0.3 is 0 Å². The van der Waals surface area contributed by atoms with E-state index in [2.05, 4.69) is 14.9 Å². The summed E-state index contributed by atoms with van der Waals surface area (Å²) in [5, 5.41) is 0. The van der Waals surface area contributed by atoms with Gasteiger partial charge < -0.3 is 9.64 Å². The lowest BCUT2D eigenvalue weighted by Crippen LogP contribution is -2.48. The zero-order chi connectivity index (χ0) is 20.2. The van der Waals surface area contributed by atoms with Gasteiger partial charge in [-0.25, -0.2) is 14.4 Å². The Balaban J connectivity index is 1.36. The largest absolute Gasteiger partial charge is 0.494 e. The molecule has 4 rings (SSSR count). The van der Waals surface area contributed by atoms with E-state index in [4.69, 9.17) is 4.74 Å². The van der Waals surface area contributed by atoms with Crippen LogP contribution in [0.4, 0.5) is 4.39 Å². The topological polar surface area (TPSA) is 63.5 Å². The van der Waals surface area contributed by atoms with Gasteiger partial charge in [-0.3, -0.25) is 14.3 Å². The van der Waals surface area contributed by atoms with Gasteiger partial charge in [0.25, 0.3) is 5.91 Å². The van der Waals surface area contributed by atoms with Crippen LogP contribution in [-0.2, 0) is 6.54 Å². The molecule has 0 aliphatic carbocycles. The Kier molecular flexibility index (Phi) is 5.53. The molecule has 0 radical (unpaired) electrons. The molecule has 7 nitrogen and oxygen atoms in total. The number of pyridine rings is 1. The van der Waals surface area contributed by atoms with E-state index < -0.39 is 0 Å². The van der Waals surface area contributed by atoms with Crippen molar-refractivity contribution in [2.75, 3.05) is 33.3 Å². The fourth-order valence-corrected chi connectivity index (χ4v) is 3.45. The van der Waals surface area contributed by atoms with Gasteiger partial charge in [0, 0.05) is 56.9 Å². The zero-order valence-electron chi connectivity index (χ0n) is 16.2. The molecule has 1 amide bonds. The number of carbonyl (C=O) groups excluding carboxylic acids is 1. The summed E-state index contributed by atoms with van der Waals surface area (Å²) >= 11 is 0. The summed E-state index contributed by atoms with van der Waals surface area (Å²) in [5.74, 6) is 0.541. The number of piperazine rings is 1. The molecule has 2 aromatic heterocycles. The van der Waals surface area contributed by atoms with E-state index in [0.29, 0.717) is 31.0 Å². The third kappa shape index (κ3) is 4.27. The first-order valence-electron chi connectivity index (χ1n) is 9.42. The normalized spacial score (nSPS) is 14.8. The van der Waals surface area contributed by atoms with Crippen LogP contribution in [-0.4, -0.2) is 63.5 Å². The van der Waals surface area contributed by atoms with Gasteiger partial charge in [0.1, 0.15) is 12.1 Å². The van der Waals surface area contributed by atoms with Gasteiger partial charge in [-0.1, -0.05) is 6.07 Å². The van der Waals surface area contributed by atoms with Gasteiger partial charge in [0.2, 0.25) is 0 Å². The summed E-state index contributed by atoms with van der Waals surface area (Å²) in [7, 11) is 1.45. The van der Waals surface area contributed by atoms with Crippen LogP contribution < -0.4 is 4.74 Å². The highest BCUT2D eigenvalue weighted by Gasteiger charge is 2.23. The number of ether oxygens (including phenoxy) is 1. The number of rotatable bonds is 5. The molecule has 0 atom stereocenters. The second-order valence-electron chi connectivity index (χ2n) is 6.91. The Morgan fingerprint density at radius 3 is 2.66 bits per heavy atom. The molecule has 3 heterocycles. The summed E-state index contributed by atoms with van der Waals surface area (Å²) in [6.45, 7) is 3.36. The minimum Gasteiger partial charge on any atom is -0.494 e. The highest BCUT2D eigenvalue weighted by molar-refractivity contribution is 5.94. The van der Waals surface area contributed by atoms with Crippen LogP contribution in [0.2, 0.25) is 0 Å². The standard InChI is InChI=1S/C21H22FN5O2/c1-29-19-3-2-16(12-18(19)22)14-25-8-10-26(11-9-25)21(28)17-4-5-24-20(13-17)27-7-6-23-15-27/h2-7,12-13,15H,8-11,14H2,1H3. The molecule has 1 aliphatic heterocycles. The minimum absolute atomic E-state index is 0.0103. The van der Waals surface area contributed by atoms with Gasteiger partial charge in [-0.15, -0.1) is 0 Å². The Hall–Kier alpha value is -3.26. The maximum atomic E-state index is 13.9. The van der Waals surface area contributed by atoms with Crippen LogP contribution in [0.5, 0.6) is 5.75 Å². The minimum atomic E-state index is -0.356. The molecule has 0 spiro atoms. The molecule has 29 heavy (non-hydrogen) atoms. The van der Waals surface area contributed by atoms with Crippen molar-refractivity contribution in [3.63, 3.8) is 0 Å². The van der Waals surface area contributed by atoms with Crippen molar-refractivity contribution in [1.29, 1.82) is 0 Å². The number of carbonyl (C=O) groups is 1. The van der Waals surface area contributed by atoms with E-state index in [1.54, 1.807) is 47.7 Å². The number of aromatic nitrogens is 3. The number of nitrogens with zero attached hydrogens (tertiary/aromatic N) is 5. The number of imidazole rings is 1. The average Bonchev–Trinajstić information content (AvgIpc) is 3.29. The van der Waals surface area contributed by atoms with E-state index >= 15 is 0 Å². The highest BCUT2D eigenvalue weighted by Crippen LogP contribution is 2.19. The van der Waals surface area contributed by atoms with Gasteiger partial charge in [-0.2, -0.15) is 0 Å². The summed E-state index contributed by atoms with van der Waals surface area (Å²) in [4.78, 5) is 25.3. The molecular weight excluding hydrogens is 373 g/mol. The van der Waals surface area contributed by atoms with E-state index in [1.807, 2.05) is 11.0 Å². The van der Waals surface area contributed by atoms with Gasteiger partial charge in [-0.05, 0) is 29.8 Å². The highest BCUT2D eigenvalue weighted by atomic mass is 19.1. The second-order valence-corrected chi connectivity index (χ2v) is 6.91. The van der Waals surface area contributed by atoms with Crippen molar-refractivity contribution in [2.24, 2.45) is 0 Å². The SMILES string of the molecule is COc1ccc(CN2CCN(C(=O)c3ccnc(-n4ccnc4)c3)CC2)cc1F. The quantitative estimate of drug-likeness (QED) is 0.664. The molecule has 0 unspecified atom stereocenters. The lowest BCUT2D eigenvalue weighted by Gasteiger charge is -2.34. The molecule has 8 heteroatoms. The number of hydrogen-bond acceptors (Lipinski definition) is 5. The molecule has 1 fully saturated rings. The fraction of sp³-hybridized carbons (Fsp3) is 0.286. The lowest BCUT2D eigenvalue weighted by molar-refractivity contribution is 0.0628. The number of hydrogen-bond donors (Lipinski definition) is 0. The van der Waals surface area contributed by atoms with Gasteiger partial charge in [0.05, 0.1) is 7.11 Å². The van der Waals surface area contributed by atoms with E-state index in [-0.39, 0.29) is 17.5 Å². The maximum Gasteiger partial charge on any atom is 0.254 e. The van der Waals surface area contributed by atoms with E-state index in [1.165, 1.54) is 13.2 Å². The van der Waals surface area contributed by atoms with Crippen LogP contribution in [0.15, 0.2) is 55.2 Å². The summed E-state index contributed by atoms with van der Waals surface area (Å²) in [6, 6.07) is 8.52. The van der Waals surface area contributed by atoms with Crippen molar-refractivity contribution >= 4 is 5.91 Å². The van der Waals surface area contributed by atoms with Crippen LogP contribution >= 0.6 is 0 Å². The van der Waals surface area contributed by atoms with Crippen molar-refractivity contribution in [1.82, 2.24) is 24.3 Å². The smallest absolute Gasteiger partial charge is 0.254 e. The van der Waals surface area contributed by atoms with Crippen molar-refractivity contribution in [3.05, 3.63) is 72.2 Å². The molecule has 0 bridgehead atoms. The Morgan fingerprint density at radius 1 is 1.14 bits per heavy atom. The van der Waals surface area contributed by atoms with Crippen LogP contribution in [0, 0.1) is 5.82 Å². The molecule has 150 valence electrons. The molecule has 1 aliphatic rings. The third-order valence-electron chi connectivity index (χ3n) is 5.04. The summed E-state index contributed by atoms with van der Waals surface area (Å²) < 4.78 is 20.6. The monoisotopic (exact) mass is 395 g/mol.